The van der Waals surface area contributed by atoms with Gasteiger partial charge in [-0.3, -0.25) is 14.9 Å². The fraction of sp³-hybridized carbons (Fsp3) is 0.217. The van der Waals surface area contributed by atoms with Crippen molar-refractivity contribution in [3.8, 4) is 11.4 Å². The first-order valence-corrected chi connectivity index (χ1v) is 10.8. The normalized spacial score (nSPS) is 12.1. The summed E-state index contributed by atoms with van der Waals surface area (Å²) >= 11 is 1.34. The van der Waals surface area contributed by atoms with Crippen LogP contribution in [0.5, 0.6) is 0 Å². The van der Waals surface area contributed by atoms with Crippen molar-refractivity contribution < 1.29 is 4.79 Å². The molecule has 152 valence electrons. The smallest absolute Gasteiger partial charge is 0.209 e. The minimum absolute atomic E-state index is 0.0786. The zero-order valence-corrected chi connectivity index (χ0v) is 18.0. The van der Waals surface area contributed by atoms with E-state index in [-0.39, 0.29) is 17.6 Å². The maximum Gasteiger partial charge on any atom is 0.209 e. The molecule has 4 rings (SSSR count). The number of benzene rings is 1. The quantitative estimate of drug-likeness (QED) is 0.343. The summed E-state index contributed by atoms with van der Waals surface area (Å²) in [6, 6.07) is 16.2. The lowest BCUT2D eigenvalue weighted by Crippen LogP contribution is -2.11. The lowest BCUT2D eigenvalue weighted by Gasteiger charge is -2.19. The summed E-state index contributed by atoms with van der Waals surface area (Å²) < 4.78 is 2.22. The molecule has 0 aliphatic carbocycles. The van der Waals surface area contributed by atoms with Crippen LogP contribution in [0, 0.1) is 13.8 Å². The topological polar surface area (TPSA) is 76.5 Å². The molecule has 30 heavy (non-hydrogen) atoms. The summed E-state index contributed by atoms with van der Waals surface area (Å²) in [7, 11) is 0. The summed E-state index contributed by atoms with van der Waals surface area (Å²) in [5.41, 5.74) is 4.95. The Labute approximate surface area is 179 Å². The van der Waals surface area contributed by atoms with Crippen LogP contribution < -0.4 is 0 Å². The first-order valence-electron chi connectivity index (χ1n) is 9.76. The average Bonchev–Trinajstić information content (AvgIpc) is 3.37. The van der Waals surface area contributed by atoms with Gasteiger partial charge in [-0.1, -0.05) is 42.1 Å². The first kappa shape index (κ1) is 20.1. The van der Waals surface area contributed by atoms with Gasteiger partial charge in [-0.2, -0.15) is 0 Å². The van der Waals surface area contributed by atoms with Crippen molar-refractivity contribution in [2.24, 2.45) is 0 Å². The number of hydrogen-bond acceptors (Lipinski definition) is 5. The van der Waals surface area contributed by atoms with E-state index in [4.69, 9.17) is 0 Å². The zero-order chi connectivity index (χ0) is 21.1. The summed E-state index contributed by atoms with van der Waals surface area (Å²) in [5, 5.41) is 7.70. The van der Waals surface area contributed by atoms with Gasteiger partial charge in [0, 0.05) is 34.9 Å². The number of carbonyl (C=O) groups is 1. The Bertz CT molecular complexity index is 1150. The Balaban J connectivity index is 1.48. The highest BCUT2D eigenvalue weighted by atomic mass is 32.2. The van der Waals surface area contributed by atoms with Gasteiger partial charge in [0.25, 0.3) is 0 Å². The molecule has 0 fully saturated rings. The minimum atomic E-state index is 0.0786. The molecule has 0 spiro atoms. The Morgan fingerprint density at radius 1 is 1.13 bits per heavy atom. The summed E-state index contributed by atoms with van der Waals surface area (Å²) in [4.78, 5) is 21.4. The number of hydrogen-bond donors (Lipinski definition) is 1. The van der Waals surface area contributed by atoms with Crippen LogP contribution in [0.1, 0.15) is 40.3 Å². The maximum absolute atomic E-state index is 12.9. The molecule has 1 atom stereocenters. The highest BCUT2D eigenvalue weighted by Crippen LogP contribution is 2.27. The molecule has 0 bridgehead atoms. The standard InChI is InChI=1S/C23H23N5OS/c1-15-13-20(17(3)28(15)16(2)18-7-5-4-6-8-18)21(29)14-30-23-25-22(26-27-23)19-9-11-24-12-10-19/h4-13,16H,14H2,1-3H3,(H,25,26,27)/t16-/m1/s1. The third kappa shape index (κ3) is 4.07. The number of H-pyrrole nitrogens is 1. The molecule has 0 radical (unpaired) electrons. The third-order valence-electron chi connectivity index (χ3n) is 5.21. The second kappa shape index (κ2) is 8.67. The third-order valence-corrected chi connectivity index (χ3v) is 6.05. The fourth-order valence-corrected chi connectivity index (χ4v) is 4.38. The lowest BCUT2D eigenvalue weighted by molar-refractivity contribution is 0.102. The van der Waals surface area contributed by atoms with Gasteiger partial charge >= 0.3 is 0 Å². The summed E-state index contributed by atoms with van der Waals surface area (Å²) in [6.07, 6.45) is 3.42. The van der Waals surface area contributed by atoms with E-state index in [1.165, 1.54) is 17.3 Å². The van der Waals surface area contributed by atoms with Crippen molar-refractivity contribution in [3.63, 3.8) is 0 Å². The largest absolute Gasteiger partial charge is 0.341 e. The Morgan fingerprint density at radius 2 is 1.87 bits per heavy atom. The predicted molar refractivity (Wildman–Crippen MR) is 119 cm³/mol. The van der Waals surface area contributed by atoms with Crippen molar-refractivity contribution >= 4 is 17.5 Å². The van der Waals surface area contributed by atoms with Gasteiger partial charge in [-0.15, -0.1) is 5.10 Å². The van der Waals surface area contributed by atoms with E-state index in [1.807, 2.05) is 50.2 Å². The van der Waals surface area contributed by atoms with Gasteiger partial charge in [-0.05, 0) is 44.5 Å². The Hall–Kier alpha value is -3.19. The van der Waals surface area contributed by atoms with Crippen LogP contribution in [0.25, 0.3) is 11.4 Å². The summed E-state index contributed by atoms with van der Waals surface area (Å²) in [6.45, 7) is 6.22. The Kier molecular flexibility index (Phi) is 5.81. The van der Waals surface area contributed by atoms with Gasteiger partial charge < -0.3 is 4.57 Å². The molecule has 0 aliphatic rings. The van der Waals surface area contributed by atoms with Gasteiger partial charge in [0.05, 0.1) is 11.8 Å². The number of aromatic amines is 1. The van der Waals surface area contributed by atoms with Gasteiger partial charge in [-0.25, -0.2) is 4.98 Å². The number of aromatic nitrogens is 5. The molecule has 1 aromatic carbocycles. The van der Waals surface area contributed by atoms with E-state index in [0.717, 1.165) is 22.5 Å². The second-order valence-corrected chi connectivity index (χ2v) is 8.10. The van der Waals surface area contributed by atoms with Crippen molar-refractivity contribution in [2.75, 3.05) is 5.75 Å². The van der Waals surface area contributed by atoms with Crippen LogP contribution in [-0.4, -0.2) is 36.3 Å². The van der Waals surface area contributed by atoms with E-state index in [0.29, 0.717) is 11.0 Å². The molecule has 0 aliphatic heterocycles. The van der Waals surface area contributed by atoms with Crippen LogP contribution in [-0.2, 0) is 0 Å². The van der Waals surface area contributed by atoms with Crippen molar-refractivity contribution in [2.45, 2.75) is 32.0 Å². The number of carbonyl (C=O) groups excluding carboxylic acids is 1. The Morgan fingerprint density at radius 3 is 2.60 bits per heavy atom. The van der Waals surface area contributed by atoms with E-state index >= 15 is 0 Å². The van der Waals surface area contributed by atoms with Gasteiger partial charge in [0.1, 0.15) is 0 Å². The molecule has 0 saturated heterocycles. The van der Waals surface area contributed by atoms with Crippen molar-refractivity contribution in [1.82, 2.24) is 24.7 Å². The molecular weight excluding hydrogens is 394 g/mol. The van der Waals surface area contributed by atoms with Gasteiger partial charge in [0.15, 0.2) is 11.6 Å². The monoisotopic (exact) mass is 417 g/mol. The number of Topliss-reactive ketones (excluding diaryl/α,β-unsaturated/α-hetero) is 1. The fourth-order valence-electron chi connectivity index (χ4n) is 3.69. The molecule has 4 aromatic rings. The highest BCUT2D eigenvalue weighted by Gasteiger charge is 2.20. The zero-order valence-electron chi connectivity index (χ0n) is 17.2. The molecule has 1 N–H and O–H groups in total. The lowest BCUT2D eigenvalue weighted by atomic mass is 10.1. The number of pyridine rings is 1. The number of aryl methyl sites for hydroxylation is 1. The number of thioether (sulfide) groups is 1. The second-order valence-electron chi connectivity index (χ2n) is 7.16. The molecule has 3 heterocycles. The van der Waals surface area contributed by atoms with Crippen LogP contribution >= 0.6 is 11.8 Å². The van der Waals surface area contributed by atoms with Crippen molar-refractivity contribution in [1.29, 1.82) is 0 Å². The van der Waals surface area contributed by atoms with Crippen molar-refractivity contribution in [3.05, 3.63) is 83.4 Å². The highest BCUT2D eigenvalue weighted by molar-refractivity contribution is 7.99. The summed E-state index contributed by atoms with van der Waals surface area (Å²) in [5.74, 6) is 1.04. The molecule has 7 heteroatoms. The van der Waals surface area contributed by atoms with Crippen LogP contribution in [0.2, 0.25) is 0 Å². The van der Waals surface area contributed by atoms with Crippen LogP contribution in [0.4, 0.5) is 0 Å². The van der Waals surface area contributed by atoms with Crippen LogP contribution in [0.3, 0.4) is 0 Å². The van der Waals surface area contributed by atoms with Crippen LogP contribution in [0.15, 0.2) is 66.1 Å². The number of nitrogens with one attached hydrogen (secondary N) is 1. The van der Waals surface area contributed by atoms with E-state index in [9.17, 15) is 4.79 Å². The average molecular weight is 418 g/mol. The van der Waals surface area contributed by atoms with E-state index in [1.54, 1.807) is 12.4 Å². The first-order chi connectivity index (χ1) is 14.5. The number of rotatable bonds is 7. The molecule has 0 unspecified atom stereocenters. The number of ketones is 1. The van der Waals surface area contributed by atoms with E-state index < -0.39 is 0 Å². The molecule has 0 amide bonds. The molecule has 3 aromatic heterocycles. The maximum atomic E-state index is 12.9. The molecule has 0 saturated carbocycles. The van der Waals surface area contributed by atoms with E-state index in [2.05, 4.69) is 43.8 Å². The molecule has 6 nitrogen and oxygen atoms in total. The predicted octanol–water partition coefficient (Wildman–Crippen LogP) is 4.87. The SMILES string of the molecule is Cc1cc(C(=O)CSc2n[nH]c(-c3ccncc3)n2)c(C)n1[C@H](C)c1ccccc1. The number of nitrogens with zero attached hydrogens (tertiary/aromatic N) is 4. The molecular formula is C23H23N5OS. The van der Waals surface area contributed by atoms with Gasteiger partial charge in [0.2, 0.25) is 5.16 Å². The minimum Gasteiger partial charge on any atom is -0.341 e.